The normalized spacial score (nSPS) is 15.1. The van der Waals surface area contributed by atoms with Gasteiger partial charge in [0.05, 0.1) is 12.0 Å². The molecule has 18 heavy (non-hydrogen) atoms. The molecule has 0 bridgehead atoms. The van der Waals surface area contributed by atoms with Crippen LogP contribution in [0.2, 0.25) is 0 Å². The molecule has 0 saturated carbocycles. The summed E-state index contributed by atoms with van der Waals surface area (Å²) < 4.78 is 32.1. The van der Waals surface area contributed by atoms with Crippen LogP contribution >= 0.6 is 15.9 Å². The molecule has 1 aromatic rings. The van der Waals surface area contributed by atoms with Crippen LogP contribution in [0.25, 0.3) is 0 Å². The van der Waals surface area contributed by atoms with E-state index in [4.69, 9.17) is 4.74 Å². The number of methoxy groups -OCH3 is 1. The molecule has 0 heterocycles. The fourth-order valence-corrected chi connectivity index (χ4v) is 3.53. The summed E-state index contributed by atoms with van der Waals surface area (Å²) in [7, 11) is -1.96. The first kappa shape index (κ1) is 15.5. The third-order valence-electron chi connectivity index (χ3n) is 2.83. The first-order valence-corrected chi connectivity index (χ1v) is 8.21. The van der Waals surface area contributed by atoms with E-state index in [1.807, 2.05) is 13.8 Å². The summed E-state index contributed by atoms with van der Waals surface area (Å²) in [6.07, 6.45) is 0.702. The third kappa shape index (κ3) is 3.70. The lowest BCUT2D eigenvalue weighted by atomic mass is 10.0. The smallest absolute Gasteiger partial charge is 0.241 e. The highest BCUT2D eigenvalue weighted by atomic mass is 79.9. The Balaban J connectivity index is 2.99. The van der Waals surface area contributed by atoms with Crippen molar-refractivity contribution >= 4 is 26.0 Å². The van der Waals surface area contributed by atoms with Gasteiger partial charge in [-0.15, -0.1) is 0 Å². The van der Waals surface area contributed by atoms with Crippen molar-refractivity contribution in [2.24, 2.45) is 0 Å². The van der Waals surface area contributed by atoms with Crippen molar-refractivity contribution in [2.75, 3.05) is 12.4 Å². The molecule has 6 heteroatoms. The molecular weight excluding hydrogens is 318 g/mol. The van der Waals surface area contributed by atoms with Crippen LogP contribution in [0.3, 0.4) is 0 Å². The molecule has 0 radical (unpaired) electrons. The van der Waals surface area contributed by atoms with E-state index in [2.05, 4.69) is 20.7 Å². The number of hydrogen-bond donors (Lipinski definition) is 1. The van der Waals surface area contributed by atoms with Crippen LogP contribution in [0.5, 0.6) is 5.75 Å². The van der Waals surface area contributed by atoms with E-state index >= 15 is 0 Å². The fourth-order valence-electron chi connectivity index (χ4n) is 1.33. The van der Waals surface area contributed by atoms with Crippen molar-refractivity contribution in [3.05, 3.63) is 24.3 Å². The number of rotatable bonds is 6. The topological polar surface area (TPSA) is 55.4 Å². The molecule has 0 aliphatic carbocycles. The zero-order chi connectivity index (χ0) is 13.8. The van der Waals surface area contributed by atoms with Crippen molar-refractivity contribution < 1.29 is 13.2 Å². The van der Waals surface area contributed by atoms with E-state index in [-0.39, 0.29) is 4.90 Å². The Morgan fingerprint density at radius 3 is 2.28 bits per heavy atom. The molecule has 0 amide bonds. The average molecular weight is 336 g/mol. The quantitative estimate of drug-likeness (QED) is 0.813. The molecule has 4 nitrogen and oxygen atoms in total. The van der Waals surface area contributed by atoms with Crippen LogP contribution in [0.1, 0.15) is 20.3 Å². The number of benzene rings is 1. The summed E-state index contributed by atoms with van der Waals surface area (Å²) in [6, 6.07) is 6.33. The molecule has 0 saturated heterocycles. The molecule has 0 aliphatic rings. The SMILES string of the molecule is CCC(C)(CBr)NS(=O)(=O)c1ccc(OC)cc1. The van der Waals surface area contributed by atoms with Crippen LogP contribution in [0, 0.1) is 0 Å². The monoisotopic (exact) mass is 335 g/mol. The summed E-state index contributed by atoms with van der Waals surface area (Å²) in [5.41, 5.74) is -0.487. The van der Waals surface area contributed by atoms with Gasteiger partial charge in [-0.25, -0.2) is 13.1 Å². The number of ether oxygens (including phenoxy) is 1. The molecule has 102 valence electrons. The predicted octanol–water partition coefficient (Wildman–Crippen LogP) is 2.54. The van der Waals surface area contributed by atoms with Gasteiger partial charge in [0.25, 0.3) is 0 Å². The van der Waals surface area contributed by atoms with Crippen LogP contribution < -0.4 is 9.46 Å². The van der Waals surface area contributed by atoms with Gasteiger partial charge < -0.3 is 4.74 Å². The van der Waals surface area contributed by atoms with Crippen molar-refractivity contribution in [1.29, 1.82) is 0 Å². The van der Waals surface area contributed by atoms with Gasteiger partial charge in [-0.05, 0) is 37.6 Å². The zero-order valence-corrected chi connectivity index (χ0v) is 13.1. The van der Waals surface area contributed by atoms with Crippen LogP contribution in [0.4, 0.5) is 0 Å². The van der Waals surface area contributed by atoms with E-state index in [1.54, 1.807) is 19.2 Å². The van der Waals surface area contributed by atoms with E-state index < -0.39 is 15.6 Å². The zero-order valence-electron chi connectivity index (χ0n) is 10.7. The minimum absolute atomic E-state index is 0.240. The highest BCUT2D eigenvalue weighted by molar-refractivity contribution is 9.09. The van der Waals surface area contributed by atoms with Crippen molar-refractivity contribution in [3.8, 4) is 5.75 Å². The van der Waals surface area contributed by atoms with E-state index in [0.717, 1.165) is 0 Å². The lowest BCUT2D eigenvalue weighted by Gasteiger charge is -2.26. The molecule has 1 rings (SSSR count). The molecule has 1 N–H and O–H groups in total. The summed E-state index contributed by atoms with van der Waals surface area (Å²) in [4.78, 5) is 0.240. The van der Waals surface area contributed by atoms with Gasteiger partial charge in [-0.1, -0.05) is 22.9 Å². The first-order valence-electron chi connectivity index (χ1n) is 5.61. The van der Waals surface area contributed by atoms with Gasteiger partial charge in [0.15, 0.2) is 0 Å². The Hall–Kier alpha value is -0.590. The Kier molecular flexibility index (Phi) is 5.19. The van der Waals surface area contributed by atoms with Crippen LogP contribution in [-0.4, -0.2) is 26.4 Å². The molecule has 1 aromatic carbocycles. The Morgan fingerprint density at radius 2 is 1.89 bits per heavy atom. The fraction of sp³-hybridized carbons (Fsp3) is 0.500. The number of halogens is 1. The van der Waals surface area contributed by atoms with Gasteiger partial charge in [0.1, 0.15) is 5.75 Å². The van der Waals surface area contributed by atoms with Gasteiger partial charge >= 0.3 is 0 Å². The van der Waals surface area contributed by atoms with Crippen molar-refractivity contribution in [1.82, 2.24) is 4.72 Å². The van der Waals surface area contributed by atoms with Crippen molar-refractivity contribution in [3.63, 3.8) is 0 Å². The van der Waals surface area contributed by atoms with Crippen LogP contribution in [0.15, 0.2) is 29.2 Å². The van der Waals surface area contributed by atoms with Crippen LogP contribution in [-0.2, 0) is 10.0 Å². The second-order valence-electron chi connectivity index (χ2n) is 4.33. The Bertz CT molecular complexity index is 481. The number of alkyl halides is 1. The van der Waals surface area contributed by atoms with E-state index in [1.165, 1.54) is 12.1 Å². The maximum atomic E-state index is 12.2. The third-order valence-corrected chi connectivity index (χ3v) is 5.72. The molecule has 0 aromatic heterocycles. The van der Waals surface area contributed by atoms with Crippen molar-refractivity contribution in [2.45, 2.75) is 30.7 Å². The second kappa shape index (κ2) is 6.04. The number of sulfonamides is 1. The highest BCUT2D eigenvalue weighted by Gasteiger charge is 2.27. The second-order valence-corrected chi connectivity index (χ2v) is 6.57. The Labute approximate surface area is 117 Å². The van der Waals surface area contributed by atoms with Gasteiger partial charge in [0, 0.05) is 10.9 Å². The minimum Gasteiger partial charge on any atom is -0.497 e. The predicted molar refractivity (Wildman–Crippen MR) is 75.8 cm³/mol. The summed E-state index contributed by atoms with van der Waals surface area (Å²) in [5, 5.41) is 0.561. The Morgan fingerprint density at radius 1 is 1.33 bits per heavy atom. The summed E-state index contributed by atoms with van der Waals surface area (Å²) in [6.45, 7) is 3.81. The lowest BCUT2D eigenvalue weighted by molar-refractivity contribution is 0.414. The molecule has 1 unspecified atom stereocenters. The average Bonchev–Trinajstić information content (AvgIpc) is 2.38. The minimum atomic E-state index is -3.50. The van der Waals surface area contributed by atoms with E-state index in [0.29, 0.717) is 17.5 Å². The maximum absolute atomic E-state index is 12.2. The molecular formula is C12H18BrNO3S. The maximum Gasteiger partial charge on any atom is 0.241 e. The first-order chi connectivity index (χ1) is 8.37. The number of nitrogens with one attached hydrogen (secondary N) is 1. The number of hydrogen-bond acceptors (Lipinski definition) is 3. The molecule has 0 spiro atoms. The standard InChI is InChI=1S/C12H18BrNO3S/c1-4-12(2,9-13)14-18(15,16)11-7-5-10(17-3)6-8-11/h5-8,14H,4,9H2,1-3H3. The highest BCUT2D eigenvalue weighted by Crippen LogP contribution is 2.20. The molecule has 1 atom stereocenters. The van der Waals surface area contributed by atoms with E-state index in [9.17, 15) is 8.42 Å². The summed E-state index contributed by atoms with van der Waals surface area (Å²) >= 11 is 3.33. The molecule has 0 aliphatic heterocycles. The van der Waals surface area contributed by atoms with Gasteiger partial charge in [-0.3, -0.25) is 0 Å². The van der Waals surface area contributed by atoms with Gasteiger partial charge in [0.2, 0.25) is 10.0 Å². The molecule has 0 fully saturated rings. The lowest BCUT2D eigenvalue weighted by Crippen LogP contribution is -2.46. The largest absolute Gasteiger partial charge is 0.497 e. The van der Waals surface area contributed by atoms with Gasteiger partial charge in [-0.2, -0.15) is 0 Å². The summed E-state index contributed by atoms with van der Waals surface area (Å²) in [5.74, 6) is 0.632.